The van der Waals surface area contributed by atoms with Gasteiger partial charge in [-0.15, -0.1) is 0 Å². The van der Waals surface area contributed by atoms with E-state index in [-0.39, 0.29) is 0 Å². The fourth-order valence-corrected chi connectivity index (χ4v) is 1.60. The van der Waals surface area contributed by atoms with Crippen LogP contribution in [0.4, 0.5) is 0 Å². The van der Waals surface area contributed by atoms with Gasteiger partial charge in [0.15, 0.2) is 0 Å². The second-order valence-corrected chi connectivity index (χ2v) is 5.10. The highest BCUT2D eigenvalue weighted by molar-refractivity contribution is 4.62. The summed E-state index contributed by atoms with van der Waals surface area (Å²) in [7, 11) is 2.22. The van der Waals surface area contributed by atoms with Gasteiger partial charge in [0, 0.05) is 6.04 Å². The Balaban J connectivity index is 3.51. The maximum absolute atomic E-state index is 2.43. The van der Waals surface area contributed by atoms with E-state index in [1.165, 1.54) is 19.4 Å². The molecule has 0 fully saturated rings. The molecule has 0 saturated heterocycles. The molecule has 0 saturated carbocycles. The van der Waals surface area contributed by atoms with Crippen LogP contribution < -0.4 is 0 Å². The van der Waals surface area contributed by atoms with Crippen LogP contribution in [0.5, 0.6) is 0 Å². The fourth-order valence-electron chi connectivity index (χ4n) is 1.60. The van der Waals surface area contributed by atoms with Crippen LogP contribution in [-0.2, 0) is 0 Å². The van der Waals surface area contributed by atoms with Crippen LogP contribution in [0.3, 0.4) is 0 Å². The molecule has 0 bridgehead atoms. The van der Waals surface area contributed by atoms with Crippen molar-refractivity contribution in [1.29, 1.82) is 0 Å². The predicted octanol–water partition coefficient (Wildman–Crippen LogP) is 3.40. The average molecular weight is 185 g/mol. The number of hydrogen-bond donors (Lipinski definition) is 0. The third-order valence-electron chi connectivity index (χ3n) is 2.73. The average Bonchev–Trinajstić information content (AvgIpc) is 1.98. The molecule has 0 aliphatic rings. The van der Waals surface area contributed by atoms with Crippen LogP contribution in [0.15, 0.2) is 0 Å². The van der Waals surface area contributed by atoms with E-state index in [2.05, 4.69) is 46.6 Å². The minimum atomic E-state index is 0.686. The fraction of sp³-hybridized carbons (Fsp3) is 1.00. The second kappa shape index (κ2) is 6.42. The van der Waals surface area contributed by atoms with Gasteiger partial charge in [-0.2, -0.15) is 0 Å². The first-order chi connectivity index (χ1) is 5.93. The van der Waals surface area contributed by atoms with E-state index in [1.807, 2.05) is 0 Å². The molecule has 0 aliphatic carbocycles. The second-order valence-electron chi connectivity index (χ2n) is 5.10. The van der Waals surface area contributed by atoms with E-state index in [0.29, 0.717) is 6.04 Å². The first-order valence-corrected chi connectivity index (χ1v) is 5.63. The smallest absolute Gasteiger partial charge is 0.00355 e. The Morgan fingerprint density at radius 1 is 1.00 bits per heavy atom. The molecule has 0 aromatic carbocycles. The lowest BCUT2D eigenvalue weighted by Gasteiger charge is -2.23. The summed E-state index contributed by atoms with van der Waals surface area (Å²) in [5.41, 5.74) is 0. The van der Waals surface area contributed by atoms with Crippen molar-refractivity contribution in [3.05, 3.63) is 0 Å². The third kappa shape index (κ3) is 7.06. The molecular formula is C12H27N. The third-order valence-corrected chi connectivity index (χ3v) is 2.73. The van der Waals surface area contributed by atoms with Crippen LogP contribution in [0.2, 0.25) is 0 Å². The van der Waals surface area contributed by atoms with Crippen molar-refractivity contribution in [2.24, 2.45) is 11.8 Å². The van der Waals surface area contributed by atoms with Crippen molar-refractivity contribution < 1.29 is 0 Å². The van der Waals surface area contributed by atoms with Gasteiger partial charge in [-0.3, -0.25) is 0 Å². The van der Waals surface area contributed by atoms with Gasteiger partial charge < -0.3 is 4.90 Å². The zero-order valence-electron chi connectivity index (χ0n) is 10.3. The van der Waals surface area contributed by atoms with Gasteiger partial charge in [-0.05, 0) is 52.1 Å². The molecule has 0 amide bonds. The molecule has 0 aromatic heterocycles. The molecule has 0 rings (SSSR count). The molecule has 0 spiro atoms. The highest BCUT2D eigenvalue weighted by atomic mass is 15.1. The number of hydrogen-bond acceptors (Lipinski definition) is 1. The summed E-state index contributed by atoms with van der Waals surface area (Å²) in [6.07, 6.45) is 2.71. The van der Waals surface area contributed by atoms with E-state index in [4.69, 9.17) is 0 Å². The number of rotatable bonds is 6. The molecule has 0 unspecified atom stereocenters. The largest absolute Gasteiger partial charge is 0.304 e. The molecular weight excluding hydrogens is 158 g/mol. The molecule has 0 radical (unpaired) electrons. The molecule has 0 aliphatic heterocycles. The van der Waals surface area contributed by atoms with Crippen LogP contribution >= 0.6 is 0 Å². The lowest BCUT2D eigenvalue weighted by atomic mass is 9.96. The molecule has 0 aromatic rings. The van der Waals surface area contributed by atoms with E-state index in [9.17, 15) is 0 Å². The molecule has 13 heavy (non-hydrogen) atoms. The van der Waals surface area contributed by atoms with Gasteiger partial charge in [0.25, 0.3) is 0 Å². The Labute approximate surface area is 84.5 Å². The Kier molecular flexibility index (Phi) is 6.40. The van der Waals surface area contributed by atoms with Crippen LogP contribution in [0.1, 0.15) is 47.5 Å². The van der Waals surface area contributed by atoms with Crippen molar-refractivity contribution in [3.8, 4) is 0 Å². The summed E-state index contributed by atoms with van der Waals surface area (Å²) in [6, 6.07) is 0.686. The minimum Gasteiger partial charge on any atom is -0.304 e. The first-order valence-electron chi connectivity index (χ1n) is 5.63. The van der Waals surface area contributed by atoms with Crippen molar-refractivity contribution in [1.82, 2.24) is 4.90 Å². The minimum absolute atomic E-state index is 0.686. The SMILES string of the molecule is CC(C)C[C@@H](C)CCN(C)C(C)C. The van der Waals surface area contributed by atoms with Crippen LogP contribution in [0, 0.1) is 11.8 Å². The highest BCUT2D eigenvalue weighted by Crippen LogP contribution is 2.14. The van der Waals surface area contributed by atoms with Gasteiger partial charge in [0.2, 0.25) is 0 Å². The van der Waals surface area contributed by atoms with Gasteiger partial charge in [0.1, 0.15) is 0 Å². The Bertz CT molecular complexity index is 118. The molecule has 0 N–H and O–H groups in total. The summed E-state index contributed by atoms with van der Waals surface area (Å²) >= 11 is 0. The maximum Gasteiger partial charge on any atom is 0.00355 e. The molecule has 0 heterocycles. The van der Waals surface area contributed by atoms with Gasteiger partial charge in [0.05, 0.1) is 0 Å². The van der Waals surface area contributed by atoms with E-state index >= 15 is 0 Å². The van der Waals surface area contributed by atoms with E-state index in [0.717, 1.165) is 11.8 Å². The van der Waals surface area contributed by atoms with E-state index in [1.54, 1.807) is 0 Å². The summed E-state index contributed by atoms with van der Waals surface area (Å²) in [4.78, 5) is 2.43. The van der Waals surface area contributed by atoms with Gasteiger partial charge in [-0.25, -0.2) is 0 Å². The van der Waals surface area contributed by atoms with E-state index < -0.39 is 0 Å². The quantitative estimate of drug-likeness (QED) is 0.613. The van der Waals surface area contributed by atoms with Crippen molar-refractivity contribution in [2.45, 2.75) is 53.5 Å². The van der Waals surface area contributed by atoms with Gasteiger partial charge in [-0.1, -0.05) is 20.8 Å². The van der Waals surface area contributed by atoms with Crippen LogP contribution in [0.25, 0.3) is 0 Å². The Morgan fingerprint density at radius 2 is 1.54 bits per heavy atom. The zero-order chi connectivity index (χ0) is 10.4. The summed E-state index contributed by atoms with van der Waals surface area (Å²) < 4.78 is 0. The summed E-state index contributed by atoms with van der Waals surface area (Å²) in [5, 5.41) is 0. The Hall–Kier alpha value is -0.0400. The normalized spacial score (nSPS) is 14.5. The Morgan fingerprint density at radius 3 is 1.92 bits per heavy atom. The molecule has 80 valence electrons. The van der Waals surface area contributed by atoms with Crippen molar-refractivity contribution in [3.63, 3.8) is 0 Å². The summed E-state index contributed by atoms with van der Waals surface area (Å²) in [5.74, 6) is 1.72. The lowest BCUT2D eigenvalue weighted by Crippen LogP contribution is -2.28. The highest BCUT2D eigenvalue weighted by Gasteiger charge is 2.08. The first kappa shape index (κ1) is 13.0. The molecule has 1 atom stereocenters. The van der Waals surface area contributed by atoms with Gasteiger partial charge >= 0.3 is 0 Å². The maximum atomic E-state index is 2.43. The zero-order valence-corrected chi connectivity index (χ0v) is 10.3. The molecule has 1 heteroatoms. The predicted molar refractivity (Wildman–Crippen MR) is 61.0 cm³/mol. The molecule has 1 nitrogen and oxygen atoms in total. The van der Waals surface area contributed by atoms with Crippen LogP contribution in [-0.4, -0.2) is 24.5 Å². The van der Waals surface area contributed by atoms with Crippen molar-refractivity contribution in [2.75, 3.05) is 13.6 Å². The summed E-state index contributed by atoms with van der Waals surface area (Å²) in [6.45, 7) is 12.7. The standard InChI is InChI=1S/C12H27N/c1-10(2)9-12(5)7-8-13(6)11(3)4/h10-12H,7-9H2,1-6H3/t12-/m0/s1. The van der Waals surface area contributed by atoms with Crippen molar-refractivity contribution >= 4 is 0 Å². The lowest BCUT2D eigenvalue weighted by molar-refractivity contribution is 0.246. The topological polar surface area (TPSA) is 3.24 Å². The number of nitrogens with zero attached hydrogens (tertiary/aromatic N) is 1. The monoisotopic (exact) mass is 185 g/mol.